The van der Waals surface area contributed by atoms with E-state index >= 15 is 0 Å². The van der Waals surface area contributed by atoms with E-state index in [1.54, 1.807) is 0 Å². The molecule has 0 aromatic heterocycles. The Morgan fingerprint density at radius 1 is 1.00 bits per heavy atom. The third-order valence-corrected chi connectivity index (χ3v) is 6.57. The van der Waals surface area contributed by atoms with E-state index in [1.807, 2.05) is 6.92 Å². The van der Waals surface area contributed by atoms with Crippen LogP contribution in [0.15, 0.2) is 29.3 Å². The van der Waals surface area contributed by atoms with Gasteiger partial charge in [0, 0.05) is 52.4 Å². The van der Waals surface area contributed by atoms with Crippen LogP contribution in [0.1, 0.15) is 44.7 Å². The normalized spacial score (nSPS) is 19.2. The Bertz CT molecular complexity index is 738. The molecule has 1 N–H and O–H groups in total. The molecule has 0 radical (unpaired) electrons. The van der Waals surface area contributed by atoms with Gasteiger partial charge < -0.3 is 19.9 Å². The maximum Gasteiger partial charge on any atom is 0.309 e. The van der Waals surface area contributed by atoms with Gasteiger partial charge in [0.15, 0.2) is 5.96 Å². The summed E-state index contributed by atoms with van der Waals surface area (Å²) in [4.78, 5) is 24.4. The molecule has 2 heterocycles. The second-order valence-electron chi connectivity index (χ2n) is 8.66. The minimum atomic E-state index is -0.0530. The Balaban J connectivity index is 1.60. The summed E-state index contributed by atoms with van der Waals surface area (Å²) < 4.78 is 5.21. The average Bonchev–Trinajstić information content (AvgIpc) is 2.83. The van der Waals surface area contributed by atoms with Crippen molar-refractivity contribution in [3.63, 3.8) is 0 Å². The fraction of sp³-hybridized carbons (Fsp3) is 0.680. The fourth-order valence-corrected chi connectivity index (χ4v) is 4.54. The molecule has 0 amide bonds. The number of esters is 1. The first-order valence-corrected chi connectivity index (χ1v) is 12.4. The number of piperidine rings is 1. The Hall–Kier alpha value is -2.12. The number of nitrogens with zero attached hydrogens (tertiary/aromatic N) is 4. The Morgan fingerprint density at radius 3 is 2.28 bits per heavy atom. The lowest BCUT2D eigenvalue weighted by molar-refractivity contribution is -0.149. The number of rotatable bonds is 8. The molecule has 2 aliphatic heterocycles. The number of nitrogens with one attached hydrogen (secondary N) is 1. The number of likely N-dealkylation sites (N-methyl/N-ethyl adjacent to an activating group) is 1. The molecule has 7 nitrogen and oxygen atoms in total. The van der Waals surface area contributed by atoms with Gasteiger partial charge in [0.05, 0.1) is 19.1 Å². The van der Waals surface area contributed by atoms with E-state index in [0.717, 1.165) is 77.7 Å². The summed E-state index contributed by atoms with van der Waals surface area (Å²) in [5.74, 6) is 0.909. The van der Waals surface area contributed by atoms with E-state index in [2.05, 4.69) is 58.1 Å². The monoisotopic (exact) mass is 443 g/mol. The molecule has 0 spiro atoms. The molecule has 0 saturated carbocycles. The van der Waals surface area contributed by atoms with Gasteiger partial charge in [-0.2, -0.15) is 0 Å². The van der Waals surface area contributed by atoms with Gasteiger partial charge in [-0.15, -0.1) is 0 Å². The number of hydrogen-bond acceptors (Lipinski definition) is 5. The van der Waals surface area contributed by atoms with Crippen molar-refractivity contribution in [1.29, 1.82) is 0 Å². The lowest BCUT2D eigenvalue weighted by Gasteiger charge is -2.34. The van der Waals surface area contributed by atoms with Crippen molar-refractivity contribution in [2.24, 2.45) is 10.9 Å². The number of hydrogen-bond donors (Lipinski definition) is 1. The second-order valence-corrected chi connectivity index (χ2v) is 8.66. The van der Waals surface area contributed by atoms with Crippen LogP contribution in [0.2, 0.25) is 0 Å². The summed E-state index contributed by atoms with van der Waals surface area (Å²) >= 11 is 0. The molecule has 3 rings (SSSR count). The van der Waals surface area contributed by atoms with Crippen LogP contribution in [-0.4, -0.2) is 85.6 Å². The molecule has 2 aliphatic rings. The van der Waals surface area contributed by atoms with E-state index in [0.29, 0.717) is 13.2 Å². The number of carbonyl (C=O) groups is 1. The zero-order valence-corrected chi connectivity index (χ0v) is 20.2. The largest absolute Gasteiger partial charge is 0.466 e. The van der Waals surface area contributed by atoms with Crippen molar-refractivity contribution in [2.45, 2.75) is 46.7 Å². The van der Waals surface area contributed by atoms with E-state index in [-0.39, 0.29) is 11.9 Å². The minimum absolute atomic E-state index is 0.0166. The van der Waals surface area contributed by atoms with Crippen molar-refractivity contribution >= 4 is 11.9 Å². The minimum Gasteiger partial charge on any atom is -0.466 e. The van der Waals surface area contributed by atoms with Gasteiger partial charge in [0.1, 0.15) is 0 Å². The zero-order valence-electron chi connectivity index (χ0n) is 20.2. The average molecular weight is 444 g/mol. The van der Waals surface area contributed by atoms with Crippen LogP contribution in [0.3, 0.4) is 0 Å². The lowest BCUT2D eigenvalue weighted by atomic mass is 9.97. The lowest BCUT2D eigenvalue weighted by Crippen LogP contribution is -2.46. The van der Waals surface area contributed by atoms with Crippen LogP contribution >= 0.6 is 0 Å². The van der Waals surface area contributed by atoms with E-state index in [9.17, 15) is 4.79 Å². The highest BCUT2D eigenvalue weighted by Gasteiger charge is 2.27. The first-order chi connectivity index (χ1) is 15.6. The molecular weight excluding hydrogens is 402 g/mol. The summed E-state index contributed by atoms with van der Waals surface area (Å²) in [6, 6.07) is 8.70. The third-order valence-electron chi connectivity index (χ3n) is 6.57. The van der Waals surface area contributed by atoms with Crippen molar-refractivity contribution in [3.8, 4) is 0 Å². The molecule has 0 atom stereocenters. The fourth-order valence-electron chi connectivity index (χ4n) is 4.54. The first kappa shape index (κ1) is 24.5. The zero-order chi connectivity index (χ0) is 22.8. The topological polar surface area (TPSA) is 60.4 Å². The molecular formula is C25H41N5O2. The number of benzene rings is 1. The summed E-state index contributed by atoms with van der Waals surface area (Å²) in [7, 11) is 0. The van der Waals surface area contributed by atoms with Crippen LogP contribution in [0.4, 0.5) is 0 Å². The van der Waals surface area contributed by atoms with E-state index < -0.39 is 0 Å². The Labute approximate surface area is 193 Å². The van der Waals surface area contributed by atoms with Crippen LogP contribution in [-0.2, 0) is 22.6 Å². The molecule has 0 aliphatic carbocycles. The van der Waals surface area contributed by atoms with Crippen LogP contribution in [0.5, 0.6) is 0 Å². The number of piperazine rings is 1. The van der Waals surface area contributed by atoms with E-state index in [1.165, 1.54) is 11.1 Å². The number of aliphatic imine (C=N–C) groups is 1. The summed E-state index contributed by atoms with van der Waals surface area (Å²) in [6.45, 7) is 16.5. The second kappa shape index (κ2) is 12.8. The predicted octanol–water partition coefficient (Wildman–Crippen LogP) is 2.56. The molecule has 1 aromatic carbocycles. The van der Waals surface area contributed by atoms with Crippen molar-refractivity contribution in [3.05, 3.63) is 35.4 Å². The SMILES string of the molecule is CCNC(=NCc1ccccc1CN1CCN(CC)CC1)N1CCC(C(=O)OCC)CC1. The summed E-state index contributed by atoms with van der Waals surface area (Å²) in [5, 5.41) is 3.45. The van der Waals surface area contributed by atoms with Gasteiger partial charge in [0.2, 0.25) is 0 Å². The highest BCUT2D eigenvalue weighted by molar-refractivity contribution is 5.80. The number of guanidine groups is 1. The molecule has 0 bridgehead atoms. The molecule has 2 fully saturated rings. The van der Waals surface area contributed by atoms with Crippen LogP contribution in [0, 0.1) is 5.92 Å². The van der Waals surface area contributed by atoms with Gasteiger partial charge in [-0.1, -0.05) is 31.2 Å². The number of likely N-dealkylation sites (tertiary alicyclic amines) is 1. The van der Waals surface area contributed by atoms with Gasteiger partial charge >= 0.3 is 5.97 Å². The van der Waals surface area contributed by atoms with Gasteiger partial charge in [-0.05, 0) is 44.4 Å². The van der Waals surface area contributed by atoms with Gasteiger partial charge in [-0.25, -0.2) is 4.99 Å². The smallest absolute Gasteiger partial charge is 0.309 e. The third kappa shape index (κ3) is 6.94. The summed E-state index contributed by atoms with van der Waals surface area (Å²) in [6.07, 6.45) is 1.65. The highest BCUT2D eigenvalue weighted by Crippen LogP contribution is 2.20. The quantitative estimate of drug-likeness (QED) is 0.379. The molecule has 1 aromatic rings. The molecule has 178 valence electrons. The highest BCUT2D eigenvalue weighted by atomic mass is 16.5. The van der Waals surface area contributed by atoms with Crippen molar-refractivity contribution in [1.82, 2.24) is 20.0 Å². The van der Waals surface area contributed by atoms with Gasteiger partial charge in [-0.3, -0.25) is 9.69 Å². The Morgan fingerprint density at radius 2 is 1.66 bits per heavy atom. The standard InChI is InChI=1S/C25H41N5O2/c1-4-26-25(30-13-11-21(12-14-30)24(31)32-6-3)27-19-22-9-7-8-10-23(22)20-29-17-15-28(5-2)16-18-29/h7-10,21H,4-6,11-20H2,1-3H3,(H,26,27). The molecule has 2 saturated heterocycles. The van der Waals surface area contributed by atoms with Crippen molar-refractivity contribution < 1.29 is 9.53 Å². The number of ether oxygens (including phenoxy) is 1. The predicted molar refractivity (Wildman–Crippen MR) is 130 cm³/mol. The molecule has 0 unspecified atom stereocenters. The first-order valence-electron chi connectivity index (χ1n) is 12.4. The Kier molecular flexibility index (Phi) is 9.81. The summed E-state index contributed by atoms with van der Waals surface area (Å²) in [5.41, 5.74) is 2.67. The van der Waals surface area contributed by atoms with Crippen LogP contribution in [0.25, 0.3) is 0 Å². The van der Waals surface area contributed by atoms with Crippen molar-refractivity contribution in [2.75, 3.05) is 59.0 Å². The maximum absolute atomic E-state index is 12.1. The maximum atomic E-state index is 12.1. The van der Waals surface area contributed by atoms with Crippen LogP contribution < -0.4 is 5.32 Å². The van der Waals surface area contributed by atoms with E-state index in [4.69, 9.17) is 9.73 Å². The number of carbonyl (C=O) groups excluding carboxylic acids is 1. The van der Waals surface area contributed by atoms with Gasteiger partial charge in [0.25, 0.3) is 0 Å². The molecule has 32 heavy (non-hydrogen) atoms. The molecule has 7 heteroatoms.